The molecule has 1 saturated heterocycles. The van der Waals surface area contributed by atoms with E-state index in [-0.39, 0.29) is 11.8 Å². The number of nitrogens with zero attached hydrogens (tertiary/aromatic N) is 6. The SMILES string of the molecule is CN1CCN(c2cc(-c3cccc(CC(NC(O)C4CCC(CNC(=O)OC(C)(C)C)CC4)C(=O)Nc4ccc(-c5nn[nH]n5)cc4)c3)ccn2)CC1. The number of ether oxygens (including phenoxy) is 1. The molecule has 2 amide bonds. The van der Waals surface area contributed by atoms with Gasteiger partial charge in [0.25, 0.3) is 0 Å². The first kappa shape index (κ1) is 37.8. The van der Waals surface area contributed by atoms with Crippen LogP contribution in [-0.2, 0) is 16.0 Å². The van der Waals surface area contributed by atoms with Gasteiger partial charge in [0.1, 0.15) is 17.6 Å². The van der Waals surface area contributed by atoms with Crippen LogP contribution in [0.5, 0.6) is 0 Å². The average molecular weight is 725 g/mol. The number of benzene rings is 2. The molecule has 6 rings (SSSR count). The summed E-state index contributed by atoms with van der Waals surface area (Å²) in [5, 5.41) is 34.8. The minimum atomic E-state index is -0.888. The average Bonchev–Trinajstić information content (AvgIpc) is 3.69. The number of aromatic amines is 1. The molecule has 1 saturated carbocycles. The summed E-state index contributed by atoms with van der Waals surface area (Å²) in [5.41, 5.74) is 3.89. The minimum absolute atomic E-state index is 0.0338. The normalized spacial score (nSPS) is 19.3. The highest BCUT2D eigenvalue weighted by molar-refractivity contribution is 5.95. The van der Waals surface area contributed by atoms with Gasteiger partial charge in [-0.3, -0.25) is 10.1 Å². The number of aliphatic hydroxyl groups excluding tert-OH is 1. The van der Waals surface area contributed by atoms with E-state index in [1.165, 1.54) is 0 Å². The molecule has 3 heterocycles. The number of rotatable bonds is 12. The molecule has 2 aromatic heterocycles. The van der Waals surface area contributed by atoms with E-state index < -0.39 is 24.0 Å². The highest BCUT2D eigenvalue weighted by atomic mass is 16.6. The van der Waals surface area contributed by atoms with Crippen LogP contribution >= 0.6 is 0 Å². The maximum absolute atomic E-state index is 14.0. The predicted molar refractivity (Wildman–Crippen MR) is 204 cm³/mol. The van der Waals surface area contributed by atoms with E-state index in [0.717, 1.165) is 79.9 Å². The Bertz CT molecular complexity index is 1780. The Labute approximate surface area is 311 Å². The van der Waals surface area contributed by atoms with Crippen molar-refractivity contribution in [2.24, 2.45) is 11.8 Å². The molecule has 14 heteroatoms. The fraction of sp³-hybridized carbons (Fsp3) is 0.487. The number of aliphatic hydroxyl groups is 1. The van der Waals surface area contributed by atoms with Crippen molar-refractivity contribution in [3.8, 4) is 22.5 Å². The molecule has 1 aliphatic carbocycles. The number of hydrogen-bond acceptors (Lipinski definition) is 11. The van der Waals surface area contributed by atoms with Gasteiger partial charge in [-0.05, 0) is 130 Å². The van der Waals surface area contributed by atoms with E-state index in [9.17, 15) is 14.7 Å². The maximum atomic E-state index is 14.0. The van der Waals surface area contributed by atoms with Gasteiger partial charge >= 0.3 is 6.09 Å². The Balaban J connectivity index is 1.13. The number of alkyl carbamates (subject to hydrolysis) is 1. The van der Waals surface area contributed by atoms with Gasteiger partial charge < -0.3 is 30.3 Å². The highest BCUT2D eigenvalue weighted by Crippen LogP contribution is 2.31. The number of tetrazole rings is 1. The monoisotopic (exact) mass is 724 g/mol. The lowest BCUT2D eigenvalue weighted by molar-refractivity contribution is -0.119. The Kier molecular flexibility index (Phi) is 12.3. The molecule has 0 spiro atoms. The second-order valence-corrected chi connectivity index (χ2v) is 15.2. The quantitative estimate of drug-likeness (QED) is 0.131. The van der Waals surface area contributed by atoms with Crippen LogP contribution in [0.4, 0.5) is 16.3 Å². The molecule has 0 bridgehead atoms. The molecule has 2 aliphatic rings. The predicted octanol–water partition coefficient (Wildman–Crippen LogP) is 4.47. The number of likely N-dealkylation sites (N-methyl/N-ethyl adjacent to an activating group) is 1. The summed E-state index contributed by atoms with van der Waals surface area (Å²) >= 11 is 0. The van der Waals surface area contributed by atoms with E-state index in [1.54, 1.807) is 12.1 Å². The summed E-state index contributed by atoms with van der Waals surface area (Å²) in [6.07, 6.45) is 4.17. The van der Waals surface area contributed by atoms with Gasteiger partial charge in [0.15, 0.2) is 0 Å². The molecule has 2 fully saturated rings. The lowest BCUT2D eigenvalue weighted by Crippen LogP contribution is -2.50. The van der Waals surface area contributed by atoms with Crippen molar-refractivity contribution in [2.75, 3.05) is 50.0 Å². The third-order valence-electron chi connectivity index (χ3n) is 9.99. The molecule has 2 atom stereocenters. The minimum Gasteiger partial charge on any atom is -0.444 e. The number of aromatic nitrogens is 5. The van der Waals surface area contributed by atoms with Gasteiger partial charge in [-0.1, -0.05) is 24.3 Å². The van der Waals surface area contributed by atoms with Crippen molar-refractivity contribution in [3.05, 3.63) is 72.4 Å². The molecular weight excluding hydrogens is 672 g/mol. The standard InChI is InChI=1S/C39H52N10O4/c1-39(2,3)53-38(52)41-25-26-8-10-29(11-9-26)36(50)43-33(37(51)42-32-14-12-28(13-15-32)35-44-46-47-45-35)23-27-6-5-7-30(22-27)31-16-17-40-34(24-31)49-20-18-48(4)19-21-49/h5-7,12-17,22,24,26,29,33,36,43,50H,8-11,18-21,23,25H2,1-4H3,(H,41,52)(H,42,51)(H,44,45,46,47). The van der Waals surface area contributed by atoms with E-state index in [1.807, 2.05) is 57.3 Å². The number of piperazine rings is 1. The number of anilines is 2. The third-order valence-corrected chi connectivity index (χ3v) is 9.99. The largest absolute Gasteiger partial charge is 0.444 e. The van der Waals surface area contributed by atoms with Gasteiger partial charge in [0.2, 0.25) is 11.7 Å². The Morgan fingerprint density at radius 1 is 0.962 bits per heavy atom. The van der Waals surface area contributed by atoms with Crippen LogP contribution in [0.25, 0.3) is 22.5 Å². The molecule has 14 nitrogen and oxygen atoms in total. The van der Waals surface area contributed by atoms with Gasteiger partial charge in [-0.2, -0.15) is 5.21 Å². The Morgan fingerprint density at radius 2 is 1.70 bits per heavy atom. The van der Waals surface area contributed by atoms with Crippen LogP contribution in [-0.4, -0.2) is 105 Å². The fourth-order valence-electron chi connectivity index (χ4n) is 6.96. The van der Waals surface area contributed by atoms with Gasteiger partial charge in [0.05, 0.1) is 6.04 Å². The van der Waals surface area contributed by atoms with Gasteiger partial charge in [-0.25, -0.2) is 9.78 Å². The second-order valence-electron chi connectivity index (χ2n) is 15.2. The summed E-state index contributed by atoms with van der Waals surface area (Å²) in [7, 11) is 2.14. The van der Waals surface area contributed by atoms with Crippen LogP contribution in [0.3, 0.4) is 0 Å². The number of carbonyl (C=O) groups is 2. The highest BCUT2D eigenvalue weighted by Gasteiger charge is 2.31. The number of pyridine rings is 1. The molecule has 282 valence electrons. The molecule has 2 aromatic carbocycles. The zero-order valence-corrected chi connectivity index (χ0v) is 31.1. The molecule has 0 radical (unpaired) electrons. The van der Waals surface area contributed by atoms with E-state index in [2.05, 4.69) is 76.6 Å². The zero-order chi connectivity index (χ0) is 37.4. The molecule has 4 aromatic rings. The summed E-state index contributed by atoms with van der Waals surface area (Å²) < 4.78 is 5.38. The lowest BCUT2D eigenvalue weighted by Gasteiger charge is -2.33. The number of carbonyl (C=O) groups excluding carboxylic acids is 2. The van der Waals surface area contributed by atoms with Crippen molar-refractivity contribution in [2.45, 2.75) is 70.7 Å². The number of H-pyrrole nitrogens is 1. The molecular formula is C39H52N10O4. The fourth-order valence-corrected chi connectivity index (χ4v) is 6.96. The summed E-state index contributed by atoms with van der Waals surface area (Å²) in [6, 6.07) is 18.9. The number of nitrogens with one attached hydrogen (secondary N) is 4. The smallest absolute Gasteiger partial charge is 0.407 e. The van der Waals surface area contributed by atoms with Crippen molar-refractivity contribution in [1.29, 1.82) is 0 Å². The van der Waals surface area contributed by atoms with Crippen molar-refractivity contribution >= 4 is 23.5 Å². The topological polar surface area (TPSA) is 174 Å². The Morgan fingerprint density at radius 3 is 2.40 bits per heavy atom. The van der Waals surface area contributed by atoms with E-state index in [4.69, 9.17) is 4.74 Å². The molecule has 53 heavy (non-hydrogen) atoms. The lowest BCUT2D eigenvalue weighted by atomic mass is 9.81. The van der Waals surface area contributed by atoms with Gasteiger partial charge in [-0.15, -0.1) is 10.2 Å². The first-order valence-electron chi connectivity index (χ1n) is 18.5. The van der Waals surface area contributed by atoms with Gasteiger partial charge in [0, 0.05) is 50.2 Å². The summed E-state index contributed by atoms with van der Waals surface area (Å²) in [5.74, 6) is 1.44. The zero-order valence-electron chi connectivity index (χ0n) is 31.1. The van der Waals surface area contributed by atoms with Crippen LogP contribution in [0, 0.1) is 11.8 Å². The molecule has 1 aliphatic heterocycles. The maximum Gasteiger partial charge on any atom is 0.407 e. The van der Waals surface area contributed by atoms with Crippen molar-refractivity contribution < 1.29 is 19.4 Å². The van der Waals surface area contributed by atoms with Crippen molar-refractivity contribution in [1.82, 2.24) is 41.1 Å². The van der Waals surface area contributed by atoms with Crippen LogP contribution in [0.1, 0.15) is 52.0 Å². The van der Waals surface area contributed by atoms with Crippen LogP contribution in [0.2, 0.25) is 0 Å². The first-order valence-corrected chi connectivity index (χ1v) is 18.5. The second kappa shape index (κ2) is 17.3. The summed E-state index contributed by atoms with van der Waals surface area (Å²) in [6.45, 7) is 9.93. The number of amides is 2. The van der Waals surface area contributed by atoms with E-state index >= 15 is 0 Å². The van der Waals surface area contributed by atoms with E-state index in [0.29, 0.717) is 30.4 Å². The van der Waals surface area contributed by atoms with Crippen molar-refractivity contribution in [3.63, 3.8) is 0 Å². The molecule has 5 N–H and O–H groups in total. The summed E-state index contributed by atoms with van der Waals surface area (Å²) in [4.78, 5) is 35.4. The van der Waals surface area contributed by atoms with Crippen LogP contribution < -0.4 is 20.9 Å². The number of hydrogen-bond donors (Lipinski definition) is 5. The third kappa shape index (κ3) is 10.8. The van der Waals surface area contributed by atoms with Crippen LogP contribution in [0.15, 0.2) is 66.9 Å². The first-order chi connectivity index (χ1) is 25.5. The Hall–Kier alpha value is -4.92. The molecule has 2 unspecified atom stereocenters.